The lowest BCUT2D eigenvalue weighted by Gasteiger charge is -2.18. The zero-order valence-electron chi connectivity index (χ0n) is 15.1. The summed E-state index contributed by atoms with van der Waals surface area (Å²) in [5.41, 5.74) is 2.53. The summed E-state index contributed by atoms with van der Waals surface area (Å²) in [5, 5.41) is 12.3. The van der Waals surface area contributed by atoms with Crippen LogP contribution in [0.2, 0.25) is 0 Å². The first kappa shape index (κ1) is 18.8. The van der Waals surface area contributed by atoms with Crippen molar-refractivity contribution in [3.05, 3.63) is 69.1 Å². The van der Waals surface area contributed by atoms with Gasteiger partial charge in [-0.1, -0.05) is 41.7 Å². The molecule has 1 N–H and O–H groups in total. The summed E-state index contributed by atoms with van der Waals surface area (Å²) in [6, 6.07) is 15.0. The molecule has 8 heteroatoms. The molecule has 3 aromatic rings. The number of benzene rings is 2. The van der Waals surface area contributed by atoms with Crippen LogP contribution in [-0.2, 0) is 4.79 Å². The van der Waals surface area contributed by atoms with E-state index in [9.17, 15) is 9.59 Å². The molecule has 1 aliphatic heterocycles. The van der Waals surface area contributed by atoms with Crippen LogP contribution in [-0.4, -0.2) is 28.6 Å². The van der Waals surface area contributed by atoms with Gasteiger partial charge in [0.05, 0.1) is 5.56 Å². The lowest BCUT2D eigenvalue weighted by atomic mass is 10.1. The number of nitrogens with one attached hydrogen (secondary N) is 1. The highest BCUT2D eigenvalue weighted by Gasteiger charge is 2.34. The highest BCUT2D eigenvalue weighted by Crippen LogP contribution is 2.35. The Bertz CT molecular complexity index is 1050. The van der Waals surface area contributed by atoms with E-state index in [0.717, 1.165) is 16.3 Å². The Balaban J connectivity index is 1.48. The van der Waals surface area contributed by atoms with Crippen LogP contribution in [0.3, 0.4) is 0 Å². The first-order chi connectivity index (χ1) is 13.5. The summed E-state index contributed by atoms with van der Waals surface area (Å²) in [6.07, 6.45) is 0.390. The van der Waals surface area contributed by atoms with Crippen molar-refractivity contribution in [2.24, 2.45) is 0 Å². The number of aryl methyl sites for hydroxylation is 1. The smallest absolute Gasteiger partial charge is 0.258 e. The standard InChI is InChI=1S/C20H17BrN4O2S/c1-12-6-2-5-9-16(12)25-11-13(10-17(25)26)19-23-24-20(28-19)22-18(27)14-7-3-4-8-15(14)21/h2-9,13H,10-11H2,1H3,(H,22,24,27). The largest absolute Gasteiger partial charge is 0.311 e. The van der Waals surface area contributed by atoms with Crippen molar-refractivity contribution in [3.8, 4) is 0 Å². The molecule has 0 bridgehead atoms. The Morgan fingerprint density at radius 3 is 2.71 bits per heavy atom. The summed E-state index contributed by atoms with van der Waals surface area (Å²) in [6.45, 7) is 2.56. The molecule has 0 saturated carbocycles. The third-order valence-electron chi connectivity index (χ3n) is 4.66. The van der Waals surface area contributed by atoms with Crippen LogP contribution in [0.1, 0.15) is 33.3 Å². The van der Waals surface area contributed by atoms with Crippen molar-refractivity contribution >= 4 is 49.9 Å². The van der Waals surface area contributed by atoms with Crippen LogP contribution in [0, 0.1) is 6.92 Å². The predicted molar refractivity (Wildman–Crippen MR) is 113 cm³/mol. The Hall–Kier alpha value is -2.58. The number of carbonyl (C=O) groups is 2. The van der Waals surface area contributed by atoms with Gasteiger partial charge in [0.1, 0.15) is 5.01 Å². The van der Waals surface area contributed by atoms with E-state index in [0.29, 0.717) is 28.1 Å². The fraction of sp³-hybridized carbons (Fsp3) is 0.200. The second kappa shape index (κ2) is 7.81. The molecule has 6 nitrogen and oxygen atoms in total. The molecule has 1 fully saturated rings. The monoisotopic (exact) mass is 456 g/mol. The summed E-state index contributed by atoms with van der Waals surface area (Å²) < 4.78 is 0.715. The van der Waals surface area contributed by atoms with Gasteiger partial charge >= 0.3 is 0 Å². The van der Waals surface area contributed by atoms with E-state index in [2.05, 4.69) is 31.4 Å². The predicted octanol–water partition coefficient (Wildman–Crippen LogP) is 4.38. The van der Waals surface area contributed by atoms with E-state index < -0.39 is 0 Å². The average molecular weight is 457 g/mol. The van der Waals surface area contributed by atoms with Gasteiger partial charge in [-0.3, -0.25) is 14.9 Å². The third kappa shape index (κ3) is 3.70. The molecule has 1 saturated heterocycles. The number of aromatic nitrogens is 2. The minimum atomic E-state index is -0.251. The number of halogens is 1. The van der Waals surface area contributed by atoms with Crippen LogP contribution in [0.5, 0.6) is 0 Å². The fourth-order valence-electron chi connectivity index (χ4n) is 3.23. The van der Waals surface area contributed by atoms with Gasteiger partial charge < -0.3 is 4.90 Å². The number of carbonyl (C=O) groups excluding carboxylic acids is 2. The quantitative estimate of drug-likeness (QED) is 0.631. The van der Waals surface area contributed by atoms with E-state index in [1.807, 2.05) is 43.3 Å². The number of amides is 2. The lowest BCUT2D eigenvalue weighted by Crippen LogP contribution is -2.25. The second-order valence-corrected chi connectivity index (χ2v) is 8.43. The number of nitrogens with zero attached hydrogens (tertiary/aromatic N) is 3. The number of hydrogen-bond acceptors (Lipinski definition) is 5. The van der Waals surface area contributed by atoms with Gasteiger partial charge in [0, 0.05) is 29.0 Å². The molecule has 142 valence electrons. The fourth-order valence-corrected chi connectivity index (χ4v) is 4.53. The van der Waals surface area contributed by atoms with Gasteiger partial charge in [0.25, 0.3) is 5.91 Å². The summed E-state index contributed by atoms with van der Waals surface area (Å²) in [4.78, 5) is 26.8. The average Bonchev–Trinajstić information content (AvgIpc) is 3.29. The molecule has 0 aliphatic carbocycles. The maximum absolute atomic E-state index is 12.5. The molecule has 4 rings (SSSR count). The maximum Gasteiger partial charge on any atom is 0.258 e. The molecule has 2 aromatic carbocycles. The van der Waals surface area contributed by atoms with E-state index in [1.54, 1.807) is 17.0 Å². The van der Waals surface area contributed by atoms with Crippen LogP contribution in [0.4, 0.5) is 10.8 Å². The highest BCUT2D eigenvalue weighted by atomic mass is 79.9. The number of anilines is 2. The first-order valence-corrected chi connectivity index (χ1v) is 10.4. The zero-order chi connectivity index (χ0) is 19.7. The topological polar surface area (TPSA) is 75.2 Å². The molecule has 0 radical (unpaired) electrons. The minimum Gasteiger partial charge on any atom is -0.311 e. The van der Waals surface area contributed by atoms with E-state index in [4.69, 9.17) is 0 Å². The van der Waals surface area contributed by atoms with Crippen LogP contribution >= 0.6 is 27.3 Å². The molecule has 0 spiro atoms. The van der Waals surface area contributed by atoms with E-state index >= 15 is 0 Å². The van der Waals surface area contributed by atoms with Crippen molar-refractivity contribution in [1.82, 2.24) is 10.2 Å². The normalized spacial score (nSPS) is 16.4. The molecule has 1 unspecified atom stereocenters. The van der Waals surface area contributed by atoms with Crippen molar-refractivity contribution in [3.63, 3.8) is 0 Å². The molecule has 1 aliphatic rings. The van der Waals surface area contributed by atoms with Gasteiger partial charge in [-0.15, -0.1) is 10.2 Å². The Morgan fingerprint density at radius 1 is 1.18 bits per heavy atom. The van der Waals surface area contributed by atoms with Gasteiger partial charge in [-0.25, -0.2) is 0 Å². The first-order valence-electron chi connectivity index (χ1n) is 8.78. The molecule has 2 heterocycles. The highest BCUT2D eigenvalue weighted by molar-refractivity contribution is 9.10. The van der Waals surface area contributed by atoms with E-state index in [-0.39, 0.29) is 17.7 Å². The van der Waals surface area contributed by atoms with Gasteiger partial charge in [-0.05, 0) is 46.6 Å². The van der Waals surface area contributed by atoms with Crippen LogP contribution in [0.15, 0.2) is 53.0 Å². The van der Waals surface area contributed by atoms with Crippen LogP contribution < -0.4 is 10.2 Å². The van der Waals surface area contributed by atoms with E-state index in [1.165, 1.54) is 11.3 Å². The molecular formula is C20H17BrN4O2S. The third-order valence-corrected chi connectivity index (χ3v) is 6.35. The van der Waals surface area contributed by atoms with Crippen molar-refractivity contribution in [2.45, 2.75) is 19.3 Å². The Morgan fingerprint density at radius 2 is 1.93 bits per heavy atom. The van der Waals surface area contributed by atoms with Gasteiger partial charge in [0.15, 0.2) is 0 Å². The number of para-hydroxylation sites is 1. The number of rotatable bonds is 4. The SMILES string of the molecule is Cc1ccccc1N1CC(c2nnc(NC(=O)c3ccccc3Br)s2)CC1=O. The summed E-state index contributed by atoms with van der Waals surface area (Å²) in [7, 11) is 0. The van der Waals surface area contributed by atoms with Crippen molar-refractivity contribution in [2.75, 3.05) is 16.8 Å². The van der Waals surface area contributed by atoms with Gasteiger partial charge in [0.2, 0.25) is 11.0 Å². The van der Waals surface area contributed by atoms with Crippen molar-refractivity contribution in [1.29, 1.82) is 0 Å². The van der Waals surface area contributed by atoms with Gasteiger partial charge in [-0.2, -0.15) is 0 Å². The summed E-state index contributed by atoms with van der Waals surface area (Å²) in [5.74, 6) is -0.203. The maximum atomic E-state index is 12.5. The molecule has 28 heavy (non-hydrogen) atoms. The molecule has 2 amide bonds. The molecular weight excluding hydrogens is 440 g/mol. The molecule has 1 atom stereocenters. The Kier molecular flexibility index (Phi) is 5.23. The van der Waals surface area contributed by atoms with Crippen molar-refractivity contribution < 1.29 is 9.59 Å². The summed E-state index contributed by atoms with van der Waals surface area (Å²) >= 11 is 4.69. The second-order valence-electron chi connectivity index (χ2n) is 6.57. The lowest BCUT2D eigenvalue weighted by molar-refractivity contribution is -0.117. The number of hydrogen-bond donors (Lipinski definition) is 1. The minimum absolute atomic E-state index is 0.0290. The van der Waals surface area contributed by atoms with Crippen LogP contribution in [0.25, 0.3) is 0 Å². The Labute approximate surface area is 174 Å². The molecule has 1 aromatic heterocycles. The zero-order valence-corrected chi connectivity index (χ0v) is 17.5.